The maximum atomic E-state index is 13.5. The Morgan fingerprint density at radius 1 is 1.18 bits per heavy atom. The fourth-order valence-corrected chi connectivity index (χ4v) is 6.64. The van der Waals surface area contributed by atoms with E-state index in [0.717, 1.165) is 0 Å². The molecule has 6 nitrogen and oxygen atoms in total. The van der Waals surface area contributed by atoms with Crippen LogP contribution < -0.4 is 4.18 Å². The quantitative estimate of drug-likeness (QED) is 0.460. The number of fused-ring (bicyclic) bond motifs is 1. The SMILES string of the molecule is CC(C)C1CCC(C(F)(F)F)CC1S(=O)(=O)Oc1ccc2ncccc2c1-c1cnn(C)c1. The van der Waals surface area contributed by atoms with Crippen molar-refractivity contribution in [3.63, 3.8) is 0 Å². The van der Waals surface area contributed by atoms with Crippen molar-refractivity contribution in [1.29, 1.82) is 0 Å². The van der Waals surface area contributed by atoms with E-state index in [9.17, 15) is 21.6 Å². The van der Waals surface area contributed by atoms with E-state index in [1.165, 1.54) is 6.07 Å². The van der Waals surface area contributed by atoms with Gasteiger partial charge in [0.1, 0.15) is 5.25 Å². The van der Waals surface area contributed by atoms with Gasteiger partial charge in [-0.1, -0.05) is 19.9 Å². The number of hydrogen-bond donors (Lipinski definition) is 0. The van der Waals surface area contributed by atoms with Crippen LogP contribution in [0.4, 0.5) is 13.2 Å². The van der Waals surface area contributed by atoms with Gasteiger partial charge in [0.15, 0.2) is 5.75 Å². The van der Waals surface area contributed by atoms with Crippen molar-refractivity contribution in [2.75, 3.05) is 0 Å². The Morgan fingerprint density at radius 3 is 2.58 bits per heavy atom. The molecule has 4 rings (SSSR count). The molecular weight excluding hydrogens is 455 g/mol. The summed E-state index contributed by atoms with van der Waals surface area (Å²) in [6, 6.07) is 6.66. The van der Waals surface area contributed by atoms with E-state index >= 15 is 0 Å². The number of hydrogen-bond acceptors (Lipinski definition) is 5. The van der Waals surface area contributed by atoms with Gasteiger partial charge in [-0.3, -0.25) is 9.67 Å². The summed E-state index contributed by atoms with van der Waals surface area (Å²) < 4.78 is 74.5. The number of alkyl halides is 3. The molecule has 0 spiro atoms. The molecule has 0 amide bonds. The number of rotatable bonds is 5. The normalized spacial score (nSPS) is 22.1. The van der Waals surface area contributed by atoms with Gasteiger partial charge in [0, 0.05) is 36.0 Å². The van der Waals surface area contributed by atoms with Crippen molar-refractivity contribution >= 4 is 21.0 Å². The van der Waals surface area contributed by atoms with E-state index in [1.807, 2.05) is 13.8 Å². The Kier molecular flexibility index (Phi) is 6.15. The van der Waals surface area contributed by atoms with E-state index in [0.29, 0.717) is 22.0 Å². The number of aromatic nitrogens is 3. The van der Waals surface area contributed by atoms with Crippen molar-refractivity contribution < 1.29 is 25.8 Å². The highest BCUT2D eigenvalue weighted by molar-refractivity contribution is 7.87. The van der Waals surface area contributed by atoms with Gasteiger partial charge in [-0.15, -0.1) is 0 Å². The van der Waals surface area contributed by atoms with Gasteiger partial charge in [-0.05, 0) is 49.3 Å². The number of pyridine rings is 1. The van der Waals surface area contributed by atoms with Crippen LogP contribution in [0.2, 0.25) is 0 Å². The summed E-state index contributed by atoms with van der Waals surface area (Å²) in [4.78, 5) is 4.32. The summed E-state index contributed by atoms with van der Waals surface area (Å²) in [5.41, 5.74) is 1.75. The fourth-order valence-electron chi connectivity index (χ4n) is 4.78. The average molecular weight is 482 g/mol. The molecule has 3 unspecified atom stereocenters. The molecule has 33 heavy (non-hydrogen) atoms. The first-order valence-electron chi connectivity index (χ1n) is 10.8. The maximum absolute atomic E-state index is 13.5. The maximum Gasteiger partial charge on any atom is 0.391 e. The first kappa shape index (κ1) is 23.5. The second-order valence-electron chi connectivity index (χ2n) is 8.99. The first-order valence-corrected chi connectivity index (χ1v) is 12.3. The zero-order valence-corrected chi connectivity index (χ0v) is 19.4. The Hall–Kier alpha value is -2.62. The summed E-state index contributed by atoms with van der Waals surface area (Å²) in [5, 5.41) is 3.58. The van der Waals surface area contributed by atoms with Gasteiger partial charge >= 0.3 is 16.3 Å². The van der Waals surface area contributed by atoms with Crippen molar-refractivity contribution in [1.82, 2.24) is 14.8 Å². The van der Waals surface area contributed by atoms with E-state index in [1.54, 1.807) is 48.5 Å². The molecule has 0 radical (unpaired) electrons. The molecule has 1 saturated carbocycles. The van der Waals surface area contributed by atoms with Crippen molar-refractivity contribution in [3.8, 4) is 16.9 Å². The molecule has 0 aliphatic heterocycles. The second-order valence-corrected chi connectivity index (χ2v) is 10.7. The minimum atomic E-state index is -4.44. The molecule has 0 saturated heterocycles. The van der Waals surface area contributed by atoms with Gasteiger partial charge < -0.3 is 4.18 Å². The van der Waals surface area contributed by atoms with Gasteiger partial charge in [-0.25, -0.2) is 0 Å². The predicted molar refractivity (Wildman–Crippen MR) is 119 cm³/mol. The highest BCUT2D eigenvalue weighted by atomic mass is 32.2. The van der Waals surface area contributed by atoms with Crippen LogP contribution in [-0.2, 0) is 17.2 Å². The molecule has 0 bridgehead atoms. The van der Waals surface area contributed by atoms with Gasteiger partial charge in [0.05, 0.1) is 17.6 Å². The van der Waals surface area contributed by atoms with Crippen LogP contribution in [0.5, 0.6) is 5.75 Å². The van der Waals surface area contributed by atoms with Crippen LogP contribution in [-0.4, -0.2) is 34.6 Å². The molecule has 3 atom stereocenters. The van der Waals surface area contributed by atoms with Crippen LogP contribution in [0, 0.1) is 17.8 Å². The second kappa shape index (κ2) is 8.62. The number of benzene rings is 1. The van der Waals surface area contributed by atoms with Gasteiger partial charge in [0.25, 0.3) is 0 Å². The summed E-state index contributed by atoms with van der Waals surface area (Å²) in [6.07, 6.45) is 0.112. The molecular formula is C23H26F3N3O3S. The topological polar surface area (TPSA) is 74.1 Å². The minimum Gasteiger partial charge on any atom is -0.382 e. The molecule has 2 aromatic heterocycles. The van der Waals surface area contributed by atoms with E-state index in [4.69, 9.17) is 4.18 Å². The van der Waals surface area contributed by atoms with E-state index in [-0.39, 0.29) is 24.5 Å². The third-order valence-corrected chi connectivity index (χ3v) is 8.17. The highest BCUT2D eigenvalue weighted by Gasteiger charge is 2.50. The van der Waals surface area contributed by atoms with Crippen LogP contribution >= 0.6 is 0 Å². The zero-order valence-electron chi connectivity index (χ0n) is 18.6. The lowest BCUT2D eigenvalue weighted by atomic mass is 9.76. The highest BCUT2D eigenvalue weighted by Crippen LogP contribution is 2.45. The Bertz CT molecular complexity index is 1250. The van der Waals surface area contributed by atoms with Crippen molar-refractivity contribution in [2.24, 2.45) is 24.8 Å². The van der Waals surface area contributed by atoms with Crippen LogP contribution in [0.15, 0.2) is 42.9 Å². The summed E-state index contributed by atoms with van der Waals surface area (Å²) >= 11 is 0. The predicted octanol–water partition coefficient (Wildman–Crippen LogP) is 5.35. The molecule has 178 valence electrons. The fraction of sp³-hybridized carbons (Fsp3) is 0.478. The Morgan fingerprint density at radius 2 is 1.94 bits per heavy atom. The third kappa shape index (κ3) is 4.71. The summed E-state index contributed by atoms with van der Waals surface area (Å²) in [7, 11) is -2.63. The monoisotopic (exact) mass is 481 g/mol. The smallest absolute Gasteiger partial charge is 0.382 e. The lowest BCUT2D eigenvalue weighted by molar-refractivity contribution is -0.184. The lowest BCUT2D eigenvalue weighted by Crippen LogP contribution is -2.44. The average Bonchev–Trinajstić information content (AvgIpc) is 3.18. The van der Waals surface area contributed by atoms with E-state index < -0.39 is 39.8 Å². The summed E-state index contributed by atoms with van der Waals surface area (Å²) in [6.45, 7) is 3.67. The Labute approximate surface area is 190 Å². The van der Waals surface area contributed by atoms with Crippen LogP contribution in [0.3, 0.4) is 0 Å². The van der Waals surface area contributed by atoms with Gasteiger partial charge in [-0.2, -0.15) is 26.7 Å². The molecule has 1 aliphatic rings. The minimum absolute atomic E-state index is 0.0557. The van der Waals surface area contributed by atoms with Crippen LogP contribution in [0.25, 0.3) is 22.0 Å². The van der Waals surface area contributed by atoms with Crippen molar-refractivity contribution in [3.05, 3.63) is 42.9 Å². The largest absolute Gasteiger partial charge is 0.391 e. The standard InChI is InChI=1S/C23H26F3N3O3S/c1-14(2)17-7-6-16(23(24,25)26)11-21(17)33(30,31)32-20-9-8-19-18(5-4-10-27-19)22(20)15-12-28-29(3)13-15/h4-5,8-10,12-14,16-17,21H,6-7,11H2,1-3H3. The molecule has 1 fully saturated rings. The van der Waals surface area contributed by atoms with Crippen molar-refractivity contribution in [2.45, 2.75) is 44.5 Å². The molecule has 1 aromatic carbocycles. The number of nitrogens with zero attached hydrogens (tertiary/aromatic N) is 3. The van der Waals surface area contributed by atoms with Crippen LogP contribution in [0.1, 0.15) is 33.1 Å². The zero-order chi connectivity index (χ0) is 24.0. The molecule has 3 aromatic rings. The lowest BCUT2D eigenvalue weighted by Gasteiger charge is -2.38. The third-order valence-electron chi connectivity index (χ3n) is 6.48. The number of aryl methyl sites for hydroxylation is 1. The molecule has 2 heterocycles. The Balaban J connectivity index is 1.78. The summed E-state index contributed by atoms with van der Waals surface area (Å²) in [5.74, 6) is -2.12. The first-order chi connectivity index (χ1) is 15.5. The van der Waals surface area contributed by atoms with Gasteiger partial charge in [0.2, 0.25) is 0 Å². The number of halogens is 3. The molecule has 10 heteroatoms. The van der Waals surface area contributed by atoms with E-state index in [2.05, 4.69) is 10.1 Å². The molecule has 0 N–H and O–H groups in total. The molecule has 1 aliphatic carbocycles.